The molecule has 1 unspecified atom stereocenters. The molecule has 1 nitrogen and oxygen atoms in total. The van der Waals surface area contributed by atoms with Crippen molar-refractivity contribution in [2.24, 2.45) is 5.92 Å². The Balaban J connectivity index is 2.26. The van der Waals surface area contributed by atoms with Gasteiger partial charge in [0.15, 0.2) is 0 Å². The van der Waals surface area contributed by atoms with E-state index in [1.54, 1.807) is 6.07 Å². The van der Waals surface area contributed by atoms with Gasteiger partial charge < -0.3 is 4.74 Å². The van der Waals surface area contributed by atoms with Crippen LogP contribution in [0.2, 0.25) is 0 Å². The zero-order valence-electron chi connectivity index (χ0n) is 18.7. The first-order chi connectivity index (χ1) is 13.4. The summed E-state index contributed by atoms with van der Waals surface area (Å²) in [6.07, 6.45) is 15.5. The van der Waals surface area contributed by atoms with Gasteiger partial charge in [-0.05, 0) is 57.1 Å². The number of benzene rings is 1. The Labute approximate surface area is 172 Å². The van der Waals surface area contributed by atoms with Gasteiger partial charge in [0.25, 0.3) is 0 Å². The minimum absolute atomic E-state index is 0.0688. The van der Waals surface area contributed by atoms with E-state index in [0.717, 1.165) is 25.3 Å². The molecule has 0 amide bonds. The van der Waals surface area contributed by atoms with Crippen LogP contribution in [0.1, 0.15) is 103 Å². The molecule has 0 aromatic heterocycles. The number of aryl methyl sites for hydroxylation is 1. The zero-order valence-corrected chi connectivity index (χ0v) is 18.7. The fraction of sp³-hybridized carbons (Fsp3) is 0.760. The van der Waals surface area contributed by atoms with Gasteiger partial charge in [-0.25, -0.2) is 8.78 Å². The summed E-state index contributed by atoms with van der Waals surface area (Å²) in [6.45, 7) is 6.69. The van der Waals surface area contributed by atoms with Gasteiger partial charge in [0.05, 0.1) is 5.60 Å². The van der Waals surface area contributed by atoms with Crippen molar-refractivity contribution in [3.63, 3.8) is 0 Å². The Hall–Kier alpha value is -0.960. The van der Waals surface area contributed by atoms with Crippen LogP contribution in [0.5, 0.6) is 0 Å². The predicted octanol–water partition coefficient (Wildman–Crippen LogP) is 8.25. The number of rotatable bonds is 16. The maximum absolute atomic E-state index is 13.7. The van der Waals surface area contributed by atoms with Gasteiger partial charge in [-0.15, -0.1) is 0 Å². The molecule has 0 aliphatic heterocycles. The molecule has 1 aromatic carbocycles. The SMILES string of the molecule is CCCCCCCCC(CCCCCCc1ccc(F)cc1F)C(C)(C)OC. The van der Waals surface area contributed by atoms with E-state index >= 15 is 0 Å². The Morgan fingerprint density at radius 1 is 0.857 bits per heavy atom. The van der Waals surface area contributed by atoms with Gasteiger partial charge in [-0.1, -0.05) is 70.8 Å². The highest BCUT2D eigenvalue weighted by atomic mass is 19.1. The molecule has 1 atom stereocenters. The van der Waals surface area contributed by atoms with E-state index in [-0.39, 0.29) is 5.60 Å². The van der Waals surface area contributed by atoms with E-state index in [0.29, 0.717) is 17.9 Å². The van der Waals surface area contributed by atoms with Gasteiger partial charge in [0.1, 0.15) is 11.6 Å². The second kappa shape index (κ2) is 14.1. The summed E-state index contributed by atoms with van der Waals surface area (Å²) in [5, 5.41) is 0. The quantitative estimate of drug-likeness (QED) is 0.256. The van der Waals surface area contributed by atoms with Crippen LogP contribution in [-0.2, 0) is 11.2 Å². The number of hydrogen-bond donors (Lipinski definition) is 0. The Kier molecular flexibility index (Phi) is 12.6. The van der Waals surface area contributed by atoms with Gasteiger partial charge >= 0.3 is 0 Å². The van der Waals surface area contributed by atoms with E-state index in [2.05, 4.69) is 20.8 Å². The van der Waals surface area contributed by atoms with E-state index < -0.39 is 11.6 Å². The van der Waals surface area contributed by atoms with Crippen molar-refractivity contribution in [2.75, 3.05) is 7.11 Å². The molecule has 0 N–H and O–H groups in total. The molecule has 28 heavy (non-hydrogen) atoms. The van der Waals surface area contributed by atoms with Crippen LogP contribution in [0.4, 0.5) is 8.78 Å². The number of methoxy groups -OCH3 is 1. The highest BCUT2D eigenvalue weighted by Gasteiger charge is 2.28. The van der Waals surface area contributed by atoms with Crippen LogP contribution in [-0.4, -0.2) is 12.7 Å². The van der Waals surface area contributed by atoms with Crippen molar-refractivity contribution in [2.45, 2.75) is 110 Å². The molecule has 0 fully saturated rings. The number of ether oxygens (including phenoxy) is 1. The first-order valence-corrected chi connectivity index (χ1v) is 11.4. The maximum atomic E-state index is 13.7. The molecule has 3 heteroatoms. The molecule has 0 aliphatic rings. The van der Waals surface area contributed by atoms with Crippen molar-refractivity contribution in [1.29, 1.82) is 0 Å². The molecule has 0 bridgehead atoms. The normalized spacial score (nSPS) is 13.1. The van der Waals surface area contributed by atoms with Crippen LogP contribution >= 0.6 is 0 Å². The average molecular weight is 397 g/mol. The molecule has 1 aromatic rings. The summed E-state index contributed by atoms with van der Waals surface area (Å²) in [4.78, 5) is 0. The smallest absolute Gasteiger partial charge is 0.129 e. The Morgan fingerprint density at radius 3 is 2.00 bits per heavy atom. The Morgan fingerprint density at radius 2 is 1.43 bits per heavy atom. The summed E-state index contributed by atoms with van der Waals surface area (Å²) in [6, 6.07) is 3.90. The first kappa shape index (κ1) is 25.1. The molecule has 0 heterocycles. The fourth-order valence-corrected chi connectivity index (χ4v) is 3.96. The van der Waals surface area contributed by atoms with Crippen LogP contribution in [0.15, 0.2) is 18.2 Å². The molecular weight excluding hydrogens is 354 g/mol. The number of halogens is 2. The molecule has 0 saturated carbocycles. The number of unbranched alkanes of at least 4 members (excludes halogenated alkanes) is 8. The van der Waals surface area contributed by atoms with Crippen molar-refractivity contribution in [3.8, 4) is 0 Å². The minimum atomic E-state index is -0.501. The third-order valence-electron chi connectivity index (χ3n) is 6.18. The summed E-state index contributed by atoms with van der Waals surface area (Å²) in [7, 11) is 1.82. The van der Waals surface area contributed by atoms with Crippen LogP contribution in [0, 0.1) is 17.6 Å². The summed E-state index contributed by atoms with van der Waals surface area (Å²) < 4.78 is 32.4. The lowest BCUT2D eigenvalue weighted by Gasteiger charge is -2.33. The summed E-state index contributed by atoms with van der Waals surface area (Å²) in [5.41, 5.74) is 0.559. The largest absolute Gasteiger partial charge is 0.379 e. The third kappa shape index (κ3) is 10.0. The predicted molar refractivity (Wildman–Crippen MR) is 116 cm³/mol. The molecule has 0 saturated heterocycles. The molecule has 0 spiro atoms. The highest BCUT2D eigenvalue weighted by molar-refractivity contribution is 5.18. The lowest BCUT2D eigenvalue weighted by molar-refractivity contribution is -0.0352. The Bertz CT molecular complexity index is 527. The number of hydrogen-bond acceptors (Lipinski definition) is 1. The van der Waals surface area contributed by atoms with E-state index in [4.69, 9.17) is 4.74 Å². The second-order valence-electron chi connectivity index (χ2n) is 8.75. The van der Waals surface area contributed by atoms with Crippen LogP contribution in [0.3, 0.4) is 0 Å². The molecule has 0 aliphatic carbocycles. The molecule has 1 rings (SSSR count). The standard InChI is InChI=1S/C25H42F2O/c1-5-6-7-8-9-13-16-22(25(2,3)28-4)17-14-11-10-12-15-21-18-19-23(26)20-24(21)27/h18-20,22H,5-17H2,1-4H3. The molecule has 0 radical (unpaired) electrons. The third-order valence-corrected chi connectivity index (χ3v) is 6.18. The van der Waals surface area contributed by atoms with Gasteiger partial charge in [0, 0.05) is 13.2 Å². The van der Waals surface area contributed by atoms with Gasteiger partial charge in [-0.2, -0.15) is 0 Å². The van der Waals surface area contributed by atoms with E-state index in [1.807, 2.05) is 7.11 Å². The minimum Gasteiger partial charge on any atom is -0.379 e. The van der Waals surface area contributed by atoms with E-state index in [1.165, 1.54) is 63.9 Å². The summed E-state index contributed by atoms with van der Waals surface area (Å²) in [5.74, 6) is -0.322. The lowest BCUT2D eigenvalue weighted by Crippen LogP contribution is -2.33. The van der Waals surface area contributed by atoms with Crippen LogP contribution < -0.4 is 0 Å². The summed E-state index contributed by atoms with van der Waals surface area (Å²) >= 11 is 0. The molecule has 162 valence electrons. The van der Waals surface area contributed by atoms with Gasteiger partial charge in [0.2, 0.25) is 0 Å². The second-order valence-corrected chi connectivity index (χ2v) is 8.75. The van der Waals surface area contributed by atoms with Crippen molar-refractivity contribution < 1.29 is 13.5 Å². The highest BCUT2D eigenvalue weighted by Crippen LogP contribution is 2.31. The lowest BCUT2D eigenvalue weighted by atomic mass is 9.82. The topological polar surface area (TPSA) is 9.23 Å². The average Bonchev–Trinajstić information content (AvgIpc) is 2.66. The van der Waals surface area contributed by atoms with Crippen LogP contribution in [0.25, 0.3) is 0 Å². The van der Waals surface area contributed by atoms with Crippen molar-refractivity contribution in [3.05, 3.63) is 35.4 Å². The maximum Gasteiger partial charge on any atom is 0.129 e. The van der Waals surface area contributed by atoms with Gasteiger partial charge in [-0.3, -0.25) is 0 Å². The van der Waals surface area contributed by atoms with Crippen molar-refractivity contribution >= 4 is 0 Å². The monoisotopic (exact) mass is 396 g/mol. The van der Waals surface area contributed by atoms with E-state index in [9.17, 15) is 8.78 Å². The fourth-order valence-electron chi connectivity index (χ4n) is 3.96. The van der Waals surface area contributed by atoms with Crippen molar-refractivity contribution in [1.82, 2.24) is 0 Å². The molecular formula is C25H42F2O. The first-order valence-electron chi connectivity index (χ1n) is 11.4. The zero-order chi connectivity index (χ0) is 20.8.